The zero-order chi connectivity index (χ0) is 10.3. The van der Waals surface area contributed by atoms with Crippen molar-refractivity contribution >= 4 is 5.97 Å². The molecule has 0 heterocycles. The van der Waals surface area contributed by atoms with Crippen LogP contribution < -0.4 is 5.32 Å². The minimum absolute atomic E-state index is 0.481. The molecule has 0 aliphatic rings. The van der Waals surface area contributed by atoms with E-state index in [1.165, 1.54) is 0 Å². The van der Waals surface area contributed by atoms with Crippen LogP contribution in [0.2, 0.25) is 0 Å². The SMILES string of the molecule is CNC(CN(C)CCOC)C(=O)O. The first kappa shape index (κ1) is 12.3. The highest BCUT2D eigenvalue weighted by Gasteiger charge is 2.16. The van der Waals surface area contributed by atoms with Crippen molar-refractivity contribution in [1.82, 2.24) is 10.2 Å². The number of carboxylic acids is 1. The molecule has 0 aliphatic carbocycles. The van der Waals surface area contributed by atoms with E-state index in [9.17, 15) is 4.79 Å². The molecule has 0 fully saturated rings. The van der Waals surface area contributed by atoms with Gasteiger partial charge in [0.15, 0.2) is 0 Å². The Kier molecular flexibility index (Phi) is 6.48. The summed E-state index contributed by atoms with van der Waals surface area (Å²) in [6.45, 7) is 1.84. The van der Waals surface area contributed by atoms with Crippen LogP contribution in [0.4, 0.5) is 0 Å². The van der Waals surface area contributed by atoms with Gasteiger partial charge in [-0.1, -0.05) is 0 Å². The zero-order valence-corrected chi connectivity index (χ0v) is 8.41. The van der Waals surface area contributed by atoms with E-state index < -0.39 is 12.0 Å². The van der Waals surface area contributed by atoms with Gasteiger partial charge in [0.2, 0.25) is 0 Å². The third kappa shape index (κ3) is 5.57. The van der Waals surface area contributed by atoms with Crippen molar-refractivity contribution in [2.75, 3.05) is 40.9 Å². The monoisotopic (exact) mass is 190 g/mol. The van der Waals surface area contributed by atoms with Crippen LogP contribution in [0.25, 0.3) is 0 Å². The number of hydrogen-bond acceptors (Lipinski definition) is 4. The van der Waals surface area contributed by atoms with Gasteiger partial charge in [0.25, 0.3) is 0 Å². The van der Waals surface area contributed by atoms with E-state index in [4.69, 9.17) is 9.84 Å². The van der Waals surface area contributed by atoms with E-state index in [-0.39, 0.29) is 0 Å². The van der Waals surface area contributed by atoms with Gasteiger partial charge in [0, 0.05) is 20.2 Å². The summed E-state index contributed by atoms with van der Waals surface area (Å²) >= 11 is 0. The van der Waals surface area contributed by atoms with E-state index in [1.54, 1.807) is 14.2 Å². The highest BCUT2D eigenvalue weighted by Crippen LogP contribution is 1.89. The van der Waals surface area contributed by atoms with Crippen molar-refractivity contribution in [3.8, 4) is 0 Å². The number of aliphatic carboxylic acids is 1. The maximum Gasteiger partial charge on any atom is 0.322 e. The zero-order valence-electron chi connectivity index (χ0n) is 8.41. The Bertz CT molecular complexity index is 152. The van der Waals surface area contributed by atoms with Gasteiger partial charge in [-0.15, -0.1) is 0 Å². The highest BCUT2D eigenvalue weighted by atomic mass is 16.5. The van der Waals surface area contributed by atoms with Crippen LogP contribution in [0, 0.1) is 0 Å². The number of nitrogens with zero attached hydrogens (tertiary/aromatic N) is 1. The van der Waals surface area contributed by atoms with Gasteiger partial charge in [-0.05, 0) is 14.1 Å². The van der Waals surface area contributed by atoms with Crippen LogP contribution in [0.5, 0.6) is 0 Å². The number of nitrogens with one attached hydrogen (secondary N) is 1. The van der Waals surface area contributed by atoms with Gasteiger partial charge in [-0.25, -0.2) is 0 Å². The largest absolute Gasteiger partial charge is 0.480 e. The summed E-state index contributed by atoms with van der Waals surface area (Å²) < 4.78 is 4.88. The molecule has 1 atom stereocenters. The highest BCUT2D eigenvalue weighted by molar-refractivity contribution is 5.73. The fraction of sp³-hybridized carbons (Fsp3) is 0.875. The van der Waals surface area contributed by atoms with Crippen LogP contribution >= 0.6 is 0 Å². The molecule has 0 saturated carbocycles. The molecule has 0 saturated heterocycles. The molecule has 0 aliphatic heterocycles. The number of carbonyl (C=O) groups is 1. The quantitative estimate of drug-likeness (QED) is 0.552. The van der Waals surface area contributed by atoms with Crippen molar-refractivity contribution in [2.45, 2.75) is 6.04 Å². The molecule has 5 heteroatoms. The molecule has 0 radical (unpaired) electrons. The van der Waals surface area contributed by atoms with E-state index >= 15 is 0 Å². The first-order valence-corrected chi connectivity index (χ1v) is 4.19. The molecule has 0 aromatic carbocycles. The summed E-state index contributed by atoms with van der Waals surface area (Å²) in [5, 5.41) is 11.5. The summed E-state index contributed by atoms with van der Waals surface area (Å²) in [6.07, 6.45) is 0. The molecule has 78 valence electrons. The van der Waals surface area contributed by atoms with Crippen LogP contribution in [-0.4, -0.2) is 62.9 Å². The van der Waals surface area contributed by atoms with Gasteiger partial charge in [-0.2, -0.15) is 0 Å². The van der Waals surface area contributed by atoms with Crippen LogP contribution in [0.15, 0.2) is 0 Å². The van der Waals surface area contributed by atoms with Crippen LogP contribution in [0.1, 0.15) is 0 Å². The van der Waals surface area contributed by atoms with Crippen LogP contribution in [-0.2, 0) is 9.53 Å². The number of rotatable bonds is 7. The normalized spacial score (nSPS) is 13.2. The Labute approximate surface area is 78.7 Å². The van der Waals surface area contributed by atoms with Gasteiger partial charge in [-0.3, -0.25) is 4.79 Å². The number of hydrogen-bond donors (Lipinski definition) is 2. The topological polar surface area (TPSA) is 61.8 Å². The van der Waals surface area contributed by atoms with Crippen LogP contribution in [0.3, 0.4) is 0 Å². The van der Waals surface area contributed by atoms with Crippen molar-refractivity contribution in [3.63, 3.8) is 0 Å². The van der Waals surface area contributed by atoms with Gasteiger partial charge in [0.05, 0.1) is 6.61 Å². The number of methoxy groups -OCH3 is 1. The van der Waals surface area contributed by atoms with Crippen molar-refractivity contribution < 1.29 is 14.6 Å². The molecule has 0 spiro atoms. The van der Waals surface area contributed by atoms with E-state index in [2.05, 4.69) is 5.32 Å². The summed E-state index contributed by atoms with van der Waals surface area (Å²) in [7, 11) is 5.13. The molecule has 0 aromatic rings. The average Bonchev–Trinajstić information content (AvgIpc) is 2.10. The first-order chi connectivity index (χ1) is 6.11. The average molecular weight is 190 g/mol. The second-order valence-corrected chi connectivity index (χ2v) is 2.93. The minimum atomic E-state index is -0.827. The Hall–Kier alpha value is -0.650. The fourth-order valence-electron chi connectivity index (χ4n) is 0.943. The Morgan fingerprint density at radius 1 is 1.69 bits per heavy atom. The number of likely N-dealkylation sites (N-methyl/N-ethyl adjacent to an activating group) is 2. The molecular formula is C8H18N2O3. The summed E-state index contributed by atoms with van der Waals surface area (Å²) in [5.74, 6) is -0.827. The molecule has 5 nitrogen and oxygen atoms in total. The molecule has 0 aromatic heterocycles. The minimum Gasteiger partial charge on any atom is -0.480 e. The third-order valence-corrected chi connectivity index (χ3v) is 1.82. The lowest BCUT2D eigenvalue weighted by atomic mass is 10.3. The van der Waals surface area contributed by atoms with E-state index in [0.29, 0.717) is 13.2 Å². The molecule has 0 bridgehead atoms. The molecule has 2 N–H and O–H groups in total. The van der Waals surface area contributed by atoms with Crippen molar-refractivity contribution in [1.29, 1.82) is 0 Å². The summed E-state index contributed by atoms with van der Waals surface area (Å²) in [5.41, 5.74) is 0. The second kappa shape index (κ2) is 6.82. The fourth-order valence-corrected chi connectivity index (χ4v) is 0.943. The van der Waals surface area contributed by atoms with E-state index in [0.717, 1.165) is 6.54 Å². The molecular weight excluding hydrogens is 172 g/mol. The molecule has 0 amide bonds. The maximum atomic E-state index is 10.6. The third-order valence-electron chi connectivity index (χ3n) is 1.82. The Balaban J connectivity index is 3.73. The molecule has 1 unspecified atom stereocenters. The standard InChI is InChI=1S/C8H18N2O3/c1-9-7(8(11)12)6-10(2)4-5-13-3/h7,9H,4-6H2,1-3H3,(H,11,12). The lowest BCUT2D eigenvalue weighted by Gasteiger charge is -2.20. The van der Waals surface area contributed by atoms with Gasteiger partial charge < -0.3 is 20.1 Å². The smallest absolute Gasteiger partial charge is 0.322 e. The van der Waals surface area contributed by atoms with Gasteiger partial charge >= 0.3 is 5.97 Å². The molecule has 0 rings (SSSR count). The summed E-state index contributed by atoms with van der Waals surface area (Å²) in [6, 6.07) is -0.512. The first-order valence-electron chi connectivity index (χ1n) is 4.19. The number of ether oxygens (including phenoxy) is 1. The van der Waals surface area contributed by atoms with Gasteiger partial charge in [0.1, 0.15) is 6.04 Å². The summed E-state index contributed by atoms with van der Waals surface area (Å²) in [4.78, 5) is 12.5. The van der Waals surface area contributed by atoms with Crippen molar-refractivity contribution in [2.24, 2.45) is 0 Å². The second-order valence-electron chi connectivity index (χ2n) is 2.93. The lowest BCUT2D eigenvalue weighted by Crippen LogP contribution is -2.44. The number of carboxylic acid groups (broad SMARTS) is 1. The lowest BCUT2D eigenvalue weighted by molar-refractivity contribution is -0.139. The maximum absolute atomic E-state index is 10.6. The Morgan fingerprint density at radius 3 is 2.69 bits per heavy atom. The van der Waals surface area contributed by atoms with E-state index in [1.807, 2.05) is 11.9 Å². The van der Waals surface area contributed by atoms with Crippen molar-refractivity contribution in [3.05, 3.63) is 0 Å². The predicted molar refractivity (Wildman–Crippen MR) is 49.9 cm³/mol. The predicted octanol–water partition coefficient (Wildman–Crippen LogP) is -0.763. The Morgan fingerprint density at radius 2 is 2.31 bits per heavy atom. The molecule has 13 heavy (non-hydrogen) atoms.